The first-order valence-corrected chi connectivity index (χ1v) is 4.50. The van der Waals surface area contributed by atoms with Gasteiger partial charge in [0.25, 0.3) is 0 Å². The van der Waals surface area contributed by atoms with Gasteiger partial charge in [0.1, 0.15) is 6.29 Å². The maximum absolute atomic E-state index is 10.9. The summed E-state index contributed by atoms with van der Waals surface area (Å²) in [5.41, 5.74) is 0.626. The number of carbonyl (C=O) groups excluding carboxylic acids is 2. The van der Waals surface area contributed by atoms with Crippen LogP contribution in [0.5, 0.6) is 0 Å². The molecule has 0 unspecified atom stereocenters. The first-order valence-electron chi connectivity index (χ1n) is 4.50. The molecule has 0 aromatic rings. The summed E-state index contributed by atoms with van der Waals surface area (Å²) >= 11 is 0. The Labute approximate surface area is 82.2 Å². The molecule has 1 aliphatic heterocycles. The quantitative estimate of drug-likeness (QED) is 0.499. The Morgan fingerprint density at radius 2 is 2.50 bits per heavy atom. The first kappa shape index (κ1) is 10.7. The van der Waals surface area contributed by atoms with Gasteiger partial charge in [-0.05, 0) is 13.3 Å². The van der Waals surface area contributed by atoms with Crippen LogP contribution < -0.4 is 0 Å². The van der Waals surface area contributed by atoms with Crippen LogP contribution in [0.1, 0.15) is 13.3 Å². The SMILES string of the molecule is CCOC(=O)ON1CCC=C(C=O)C1. The second kappa shape index (κ2) is 5.39. The number of hydrogen-bond acceptors (Lipinski definition) is 5. The fraction of sp³-hybridized carbons (Fsp3) is 0.556. The average molecular weight is 199 g/mol. The second-order valence-electron chi connectivity index (χ2n) is 2.82. The number of rotatable bonds is 3. The third-order valence-electron chi connectivity index (χ3n) is 1.76. The normalized spacial score (nSPS) is 17.1. The highest BCUT2D eigenvalue weighted by Gasteiger charge is 2.16. The fourth-order valence-corrected chi connectivity index (χ4v) is 1.15. The van der Waals surface area contributed by atoms with Crippen molar-refractivity contribution in [2.24, 2.45) is 0 Å². The van der Waals surface area contributed by atoms with Gasteiger partial charge in [-0.2, -0.15) is 0 Å². The van der Waals surface area contributed by atoms with Gasteiger partial charge in [-0.1, -0.05) is 6.08 Å². The zero-order valence-electron chi connectivity index (χ0n) is 8.06. The van der Waals surface area contributed by atoms with Crippen molar-refractivity contribution in [3.05, 3.63) is 11.6 Å². The van der Waals surface area contributed by atoms with Crippen LogP contribution >= 0.6 is 0 Å². The average Bonchev–Trinajstić information content (AvgIpc) is 2.18. The molecule has 5 nitrogen and oxygen atoms in total. The van der Waals surface area contributed by atoms with Gasteiger partial charge in [-0.15, -0.1) is 5.06 Å². The van der Waals surface area contributed by atoms with Crippen molar-refractivity contribution in [3.63, 3.8) is 0 Å². The molecule has 0 bridgehead atoms. The molecule has 0 radical (unpaired) electrons. The number of aldehydes is 1. The van der Waals surface area contributed by atoms with E-state index >= 15 is 0 Å². The van der Waals surface area contributed by atoms with E-state index in [-0.39, 0.29) is 6.61 Å². The van der Waals surface area contributed by atoms with E-state index in [2.05, 4.69) is 4.74 Å². The lowest BCUT2D eigenvalue weighted by Gasteiger charge is -2.22. The van der Waals surface area contributed by atoms with Crippen molar-refractivity contribution in [1.82, 2.24) is 5.06 Å². The minimum atomic E-state index is -0.723. The molecule has 5 heteroatoms. The molecule has 1 rings (SSSR count). The Kier molecular flexibility index (Phi) is 4.12. The predicted octanol–water partition coefficient (Wildman–Crippen LogP) is 0.905. The third-order valence-corrected chi connectivity index (χ3v) is 1.76. The van der Waals surface area contributed by atoms with E-state index in [0.717, 1.165) is 6.29 Å². The number of nitrogens with zero attached hydrogens (tertiary/aromatic N) is 1. The van der Waals surface area contributed by atoms with E-state index in [1.54, 1.807) is 6.92 Å². The van der Waals surface area contributed by atoms with Crippen molar-refractivity contribution >= 4 is 12.4 Å². The van der Waals surface area contributed by atoms with Crippen molar-refractivity contribution in [2.45, 2.75) is 13.3 Å². The molecule has 0 saturated carbocycles. The van der Waals surface area contributed by atoms with Gasteiger partial charge in [0.05, 0.1) is 13.2 Å². The van der Waals surface area contributed by atoms with Crippen LogP contribution in [-0.2, 0) is 14.4 Å². The lowest BCUT2D eigenvalue weighted by atomic mass is 10.2. The second-order valence-corrected chi connectivity index (χ2v) is 2.82. The molecule has 0 spiro atoms. The van der Waals surface area contributed by atoms with Crippen LogP contribution in [0.4, 0.5) is 4.79 Å². The molecule has 0 aliphatic carbocycles. The summed E-state index contributed by atoms with van der Waals surface area (Å²) in [5, 5.41) is 1.42. The lowest BCUT2D eigenvalue weighted by Crippen LogP contribution is -2.33. The third kappa shape index (κ3) is 3.18. The van der Waals surface area contributed by atoms with E-state index < -0.39 is 6.16 Å². The van der Waals surface area contributed by atoms with Crippen LogP contribution in [-0.4, -0.2) is 37.2 Å². The van der Waals surface area contributed by atoms with E-state index in [1.807, 2.05) is 6.08 Å². The molecule has 0 aromatic heterocycles. The predicted molar refractivity (Wildman–Crippen MR) is 48.4 cm³/mol. The molecule has 0 amide bonds. The maximum Gasteiger partial charge on any atom is 0.527 e. The van der Waals surface area contributed by atoms with E-state index in [4.69, 9.17) is 4.84 Å². The summed E-state index contributed by atoms with van der Waals surface area (Å²) in [4.78, 5) is 26.2. The monoisotopic (exact) mass is 199 g/mol. The number of ether oxygens (including phenoxy) is 1. The fourth-order valence-electron chi connectivity index (χ4n) is 1.15. The lowest BCUT2D eigenvalue weighted by molar-refractivity contribution is -0.126. The van der Waals surface area contributed by atoms with E-state index in [1.165, 1.54) is 5.06 Å². The smallest absolute Gasteiger partial charge is 0.433 e. The van der Waals surface area contributed by atoms with Gasteiger partial charge < -0.3 is 9.57 Å². The highest BCUT2D eigenvalue weighted by Crippen LogP contribution is 2.08. The molecule has 0 fully saturated rings. The Bertz CT molecular complexity index is 249. The molecule has 0 saturated heterocycles. The largest absolute Gasteiger partial charge is 0.527 e. The summed E-state index contributed by atoms with van der Waals surface area (Å²) in [7, 11) is 0. The van der Waals surface area contributed by atoms with Crippen LogP contribution in [0.3, 0.4) is 0 Å². The first-order chi connectivity index (χ1) is 6.76. The zero-order valence-corrected chi connectivity index (χ0v) is 8.06. The van der Waals surface area contributed by atoms with Crippen molar-refractivity contribution in [3.8, 4) is 0 Å². The molecule has 1 heterocycles. The standard InChI is InChI=1S/C9H13NO4/c1-2-13-9(12)14-10-5-3-4-8(6-10)7-11/h4,7H,2-3,5-6H2,1H3. The summed E-state index contributed by atoms with van der Waals surface area (Å²) in [6, 6.07) is 0. The molecule has 0 aromatic carbocycles. The molecule has 0 atom stereocenters. The molecule has 14 heavy (non-hydrogen) atoms. The van der Waals surface area contributed by atoms with Gasteiger partial charge in [0.2, 0.25) is 0 Å². The van der Waals surface area contributed by atoms with Crippen LogP contribution in [0.2, 0.25) is 0 Å². The Morgan fingerprint density at radius 3 is 3.14 bits per heavy atom. The number of carbonyl (C=O) groups is 2. The van der Waals surface area contributed by atoms with Crippen molar-refractivity contribution < 1.29 is 19.2 Å². The van der Waals surface area contributed by atoms with Crippen LogP contribution in [0.15, 0.2) is 11.6 Å². The van der Waals surface area contributed by atoms with Gasteiger partial charge in [0, 0.05) is 12.1 Å². The van der Waals surface area contributed by atoms with E-state index in [9.17, 15) is 9.59 Å². The molecule has 0 N–H and O–H groups in total. The summed E-state index contributed by atoms with van der Waals surface area (Å²) in [6.07, 6.45) is 2.58. The highest BCUT2D eigenvalue weighted by molar-refractivity contribution is 5.74. The van der Waals surface area contributed by atoms with Gasteiger partial charge in [-0.3, -0.25) is 4.79 Å². The van der Waals surface area contributed by atoms with Gasteiger partial charge in [0.15, 0.2) is 0 Å². The molecular formula is C9H13NO4. The highest BCUT2D eigenvalue weighted by atomic mass is 16.8. The zero-order chi connectivity index (χ0) is 10.4. The topological polar surface area (TPSA) is 55.8 Å². The van der Waals surface area contributed by atoms with Gasteiger partial charge >= 0.3 is 6.16 Å². The Hall–Kier alpha value is -1.36. The number of hydrogen-bond donors (Lipinski definition) is 0. The van der Waals surface area contributed by atoms with E-state index in [0.29, 0.717) is 25.1 Å². The van der Waals surface area contributed by atoms with Gasteiger partial charge in [-0.25, -0.2) is 4.79 Å². The summed E-state index contributed by atoms with van der Waals surface area (Å²) in [6.45, 7) is 2.91. The Morgan fingerprint density at radius 1 is 1.71 bits per heavy atom. The summed E-state index contributed by atoms with van der Waals surface area (Å²) < 4.78 is 4.60. The molecule has 1 aliphatic rings. The van der Waals surface area contributed by atoms with Crippen LogP contribution in [0.25, 0.3) is 0 Å². The minimum absolute atomic E-state index is 0.281. The van der Waals surface area contributed by atoms with Crippen molar-refractivity contribution in [2.75, 3.05) is 19.7 Å². The molecule has 78 valence electrons. The van der Waals surface area contributed by atoms with Crippen LogP contribution in [0, 0.1) is 0 Å². The minimum Gasteiger partial charge on any atom is -0.433 e. The summed E-state index contributed by atoms with van der Waals surface area (Å²) in [5.74, 6) is 0. The maximum atomic E-state index is 10.9. The Balaban J connectivity index is 2.36. The van der Waals surface area contributed by atoms with Crippen molar-refractivity contribution in [1.29, 1.82) is 0 Å². The number of hydroxylamine groups is 2. The molecular weight excluding hydrogens is 186 g/mol.